The van der Waals surface area contributed by atoms with E-state index < -0.39 is 0 Å². The van der Waals surface area contributed by atoms with Gasteiger partial charge < -0.3 is 14.5 Å². The van der Waals surface area contributed by atoms with Crippen LogP contribution in [-0.4, -0.2) is 24.7 Å². The minimum atomic E-state index is 0.626. The van der Waals surface area contributed by atoms with Gasteiger partial charge in [0.2, 0.25) is 0 Å². The number of aromatic nitrogens is 1. The largest absolute Gasteiger partial charge is 0.449 e. The van der Waals surface area contributed by atoms with Crippen LogP contribution in [0, 0.1) is 12.8 Å². The predicted molar refractivity (Wildman–Crippen MR) is 78.7 cm³/mol. The molecule has 1 N–H and O–H groups in total. The van der Waals surface area contributed by atoms with Gasteiger partial charge in [-0.15, -0.1) is 0 Å². The minimum Gasteiger partial charge on any atom is -0.449 e. The second kappa shape index (κ2) is 6.09. The summed E-state index contributed by atoms with van der Waals surface area (Å²) in [4.78, 5) is 4.33. The summed E-state index contributed by atoms with van der Waals surface area (Å²) in [6.45, 7) is 4.62. The van der Waals surface area contributed by atoms with Gasteiger partial charge in [0.15, 0.2) is 5.89 Å². The summed E-state index contributed by atoms with van der Waals surface area (Å²) < 4.78 is 10.7. The van der Waals surface area contributed by atoms with Crippen molar-refractivity contribution in [1.82, 2.24) is 4.98 Å². The molecule has 1 saturated heterocycles. The molecule has 0 saturated carbocycles. The number of hydrogen-bond acceptors (Lipinski definition) is 4. The summed E-state index contributed by atoms with van der Waals surface area (Å²) in [6, 6.07) is 8.31. The molecule has 3 rings (SSSR count). The zero-order valence-electron chi connectivity index (χ0n) is 11.8. The fourth-order valence-corrected chi connectivity index (χ4v) is 2.49. The van der Waals surface area contributed by atoms with Crippen LogP contribution in [0.4, 0.5) is 5.69 Å². The van der Waals surface area contributed by atoms with Gasteiger partial charge in [0, 0.05) is 31.3 Å². The van der Waals surface area contributed by atoms with Crippen molar-refractivity contribution in [2.45, 2.75) is 19.8 Å². The van der Waals surface area contributed by atoms with E-state index in [4.69, 9.17) is 9.15 Å². The summed E-state index contributed by atoms with van der Waals surface area (Å²) in [5.74, 6) is 1.32. The third kappa shape index (κ3) is 3.20. The maximum absolute atomic E-state index is 5.49. The number of oxazole rings is 1. The average Bonchev–Trinajstić information content (AvgIpc) is 2.93. The molecule has 0 bridgehead atoms. The molecule has 0 spiro atoms. The number of aryl methyl sites for hydroxylation is 1. The van der Waals surface area contributed by atoms with E-state index in [1.54, 1.807) is 6.26 Å². The lowest BCUT2D eigenvalue weighted by Crippen LogP contribution is -2.24. The number of ether oxygens (including phenoxy) is 1. The van der Waals surface area contributed by atoms with Crippen LogP contribution in [0.3, 0.4) is 0 Å². The topological polar surface area (TPSA) is 47.3 Å². The highest BCUT2D eigenvalue weighted by atomic mass is 16.5. The fraction of sp³-hybridized carbons (Fsp3) is 0.438. The molecule has 2 heterocycles. The molecule has 0 aliphatic carbocycles. The van der Waals surface area contributed by atoms with E-state index in [2.05, 4.69) is 34.6 Å². The maximum Gasteiger partial charge on any atom is 0.191 e. The smallest absolute Gasteiger partial charge is 0.191 e. The van der Waals surface area contributed by atoms with Crippen molar-refractivity contribution in [2.75, 3.05) is 25.1 Å². The second-order valence-corrected chi connectivity index (χ2v) is 5.29. The number of hydrogen-bond donors (Lipinski definition) is 1. The molecule has 4 heteroatoms. The van der Waals surface area contributed by atoms with Crippen LogP contribution in [0.5, 0.6) is 0 Å². The van der Waals surface area contributed by atoms with Crippen molar-refractivity contribution >= 4 is 5.69 Å². The molecule has 1 atom stereocenters. The predicted octanol–water partition coefficient (Wildman–Crippen LogP) is 3.49. The van der Waals surface area contributed by atoms with Crippen molar-refractivity contribution in [3.63, 3.8) is 0 Å². The number of benzene rings is 1. The molecule has 1 aromatic heterocycles. The lowest BCUT2D eigenvalue weighted by molar-refractivity contribution is 0.0595. The molecule has 106 valence electrons. The third-order valence-corrected chi connectivity index (χ3v) is 3.65. The average molecular weight is 272 g/mol. The van der Waals surface area contributed by atoms with Crippen LogP contribution in [0.1, 0.15) is 18.7 Å². The van der Waals surface area contributed by atoms with E-state index in [0.29, 0.717) is 11.8 Å². The van der Waals surface area contributed by atoms with Crippen LogP contribution in [0.25, 0.3) is 11.3 Å². The first kappa shape index (κ1) is 13.2. The Kier molecular flexibility index (Phi) is 4.02. The first-order valence-electron chi connectivity index (χ1n) is 7.15. The molecule has 1 fully saturated rings. The fourth-order valence-electron chi connectivity index (χ4n) is 2.49. The molecule has 0 amide bonds. The number of nitrogens with one attached hydrogen (secondary N) is 1. The second-order valence-electron chi connectivity index (χ2n) is 5.29. The van der Waals surface area contributed by atoms with Crippen LogP contribution in [0.2, 0.25) is 0 Å². The standard InChI is InChI=1S/C16H20N2O2/c1-12-18-16(11-20-12)14-4-6-15(7-5-14)17-9-13-3-2-8-19-10-13/h4-7,11,13,17H,2-3,8-10H2,1H3. The SMILES string of the molecule is Cc1nc(-c2ccc(NCC3CCCOC3)cc2)co1. The summed E-state index contributed by atoms with van der Waals surface area (Å²) in [5.41, 5.74) is 3.10. The Bertz CT molecular complexity index is 542. The lowest BCUT2D eigenvalue weighted by atomic mass is 10.0. The maximum atomic E-state index is 5.49. The highest BCUT2D eigenvalue weighted by molar-refractivity contribution is 5.61. The molecular formula is C16H20N2O2. The van der Waals surface area contributed by atoms with Gasteiger partial charge in [0.1, 0.15) is 12.0 Å². The summed E-state index contributed by atoms with van der Waals surface area (Å²) in [5, 5.41) is 3.47. The van der Waals surface area contributed by atoms with Crippen LogP contribution < -0.4 is 5.32 Å². The lowest BCUT2D eigenvalue weighted by Gasteiger charge is -2.22. The Balaban J connectivity index is 1.58. The van der Waals surface area contributed by atoms with E-state index in [0.717, 1.165) is 36.7 Å². The highest BCUT2D eigenvalue weighted by Crippen LogP contribution is 2.21. The number of anilines is 1. The first-order chi connectivity index (χ1) is 9.81. The highest BCUT2D eigenvalue weighted by Gasteiger charge is 2.13. The van der Waals surface area contributed by atoms with Crippen LogP contribution >= 0.6 is 0 Å². The first-order valence-corrected chi connectivity index (χ1v) is 7.15. The normalized spacial score (nSPS) is 18.9. The van der Waals surface area contributed by atoms with Gasteiger partial charge >= 0.3 is 0 Å². The number of nitrogens with zero attached hydrogens (tertiary/aromatic N) is 1. The molecular weight excluding hydrogens is 252 g/mol. The Morgan fingerprint density at radius 3 is 2.80 bits per heavy atom. The Morgan fingerprint density at radius 2 is 2.15 bits per heavy atom. The molecule has 1 aliphatic heterocycles. The molecule has 1 aromatic carbocycles. The van der Waals surface area contributed by atoms with Crippen molar-refractivity contribution in [2.24, 2.45) is 5.92 Å². The van der Waals surface area contributed by atoms with Gasteiger partial charge in [0.25, 0.3) is 0 Å². The van der Waals surface area contributed by atoms with Gasteiger partial charge in [-0.1, -0.05) is 12.1 Å². The Morgan fingerprint density at radius 1 is 1.30 bits per heavy atom. The minimum absolute atomic E-state index is 0.626. The molecule has 20 heavy (non-hydrogen) atoms. The van der Waals surface area contributed by atoms with Gasteiger partial charge in [-0.25, -0.2) is 4.98 Å². The van der Waals surface area contributed by atoms with Crippen molar-refractivity contribution in [1.29, 1.82) is 0 Å². The number of rotatable bonds is 4. The van der Waals surface area contributed by atoms with Gasteiger partial charge in [-0.3, -0.25) is 0 Å². The van der Waals surface area contributed by atoms with Gasteiger partial charge in [-0.05, 0) is 30.9 Å². The summed E-state index contributed by atoms with van der Waals surface area (Å²) in [7, 11) is 0. The van der Waals surface area contributed by atoms with Crippen LogP contribution in [0.15, 0.2) is 34.9 Å². The van der Waals surface area contributed by atoms with Gasteiger partial charge in [0.05, 0.1) is 6.61 Å². The summed E-state index contributed by atoms with van der Waals surface area (Å²) >= 11 is 0. The van der Waals surface area contributed by atoms with E-state index >= 15 is 0 Å². The Labute approximate surface area is 119 Å². The third-order valence-electron chi connectivity index (χ3n) is 3.65. The van der Waals surface area contributed by atoms with E-state index in [1.807, 2.05) is 6.92 Å². The zero-order valence-corrected chi connectivity index (χ0v) is 11.8. The van der Waals surface area contributed by atoms with E-state index in [1.165, 1.54) is 12.8 Å². The molecule has 4 nitrogen and oxygen atoms in total. The molecule has 0 radical (unpaired) electrons. The van der Waals surface area contributed by atoms with Crippen molar-refractivity contribution < 1.29 is 9.15 Å². The van der Waals surface area contributed by atoms with E-state index in [9.17, 15) is 0 Å². The van der Waals surface area contributed by atoms with Crippen LogP contribution in [-0.2, 0) is 4.74 Å². The quantitative estimate of drug-likeness (QED) is 0.925. The van der Waals surface area contributed by atoms with E-state index in [-0.39, 0.29) is 0 Å². The molecule has 1 aliphatic rings. The molecule has 1 unspecified atom stereocenters. The zero-order chi connectivity index (χ0) is 13.8. The monoisotopic (exact) mass is 272 g/mol. The molecule has 2 aromatic rings. The Hall–Kier alpha value is -1.81. The van der Waals surface area contributed by atoms with Crippen molar-refractivity contribution in [3.05, 3.63) is 36.4 Å². The van der Waals surface area contributed by atoms with Crippen molar-refractivity contribution in [3.8, 4) is 11.3 Å². The van der Waals surface area contributed by atoms with Gasteiger partial charge in [-0.2, -0.15) is 0 Å². The summed E-state index contributed by atoms with van der Waals surface area (Å²) in [6.07, 6.45) is 4.12.